The minimum absolute atomic E-state index is 0.0617. The summed E-state index contributed by atoms with van der Waals surface area (Å²) >= 11 is 0. The van der Waals surface area contributed by atoms with Crippen LogP contribution in [0.3, 0.4) is 0 Å². The average Bonchev–Trinajstić information content (AvgIpc) is 2.97. The molecule has 0 aromatic carbocycles. The number of carbonyl (C=O) groups excluding carboxylic acids is 1. The zero-order valence-electron chi connectivity index (χ0n) is 15.0. The monoisotopic (exact) mass is 367 g/mol. The lowest BCUT2D eigenvalue weighted by Gasteiger charge is -2.40. The van der Waals surface area contributed by atoms with Gasteiger partial charge in [0.1, 0.15) is 17.9 Å². The molecule has 0 aromatic heterocycles. The lowest BCUT2D eigenvalue weighted by molar-refractivity contribution is -0.127. The summed E-state index contributed by atoms with van der Waals surface area (Å²) in [7, 11) is 0. The lowest BCUT2D eigenvalue weighted by atomic mass is 9.76. The van der Waals surface area contributed by atoms with Crippen molar-refractivity contribution in [2.75, 3.05) is 32.7 Å². The van der Waals surface area contributed by atoms with Crippen LogP contribution in [0.2, 0.25) is 0 Å². The fourth-order valence-corrected chi connectivity index (χ4v) is 4.90. The van der Waals surface area contributed by atoms with Gasteiger partial charge in [0, 0.05) is 12.6 Å². The number of nitrogens with one attached hydrogen (secondary N) is 5. The normalized spacial score (nSPS) is 38.6. The van der Waals surface area contributed by atoms with Crippen LogP contribution in [0.4, 0.5) is 4.39 Å². The van der Waals surface area contributed by atoms with Crippen molar-refractivity contribution in [3.05, 3.63) is 12.0 Å². The molecule has 0 aromatic rings. The predicted molar refractivity (Wildman–Crippen MR) is 95.9 cm³/mol. The molecule has 8 nitrogen and oxygen atoms in total. The van der Waals surface area contributed by atoms with E-state index in [0.29, 0.717) is 11.8 Å². The number of hydrogen-bond acceptors (Lipinski definition) is 7. The summed E-state index contributed by atoms with van der Waals surface area (Å²) in [5.74, 6) is 0.355. The van der Waals surface area contributed by atoms with E-state index < -0.39 is 12.1 Å². The van der Waals surface area contributed by atoms with Crippen LogP contribution in [0.25, 0.3) is 0 Å². The SMILES string of the molecule is NC1NN2C=C(F)CNC2C1C(=O)NC1CNCCC1C1CCNCC1. The third-order valence-electron chi connectivity index (χ3n) is 6.24. The van der Waals surface area contributed by atoms with Crippen LogP contribution in [-0.2, 0) is 4.79 Å². The third kappa shape index (κ3) is 3.59. The van der Waals surface area contributed by atoms with Crippen LogP contribution < -0.4 is 32.4 Å². The van der Waals surface area contributed by atoms with E-state index in [0.717, 1.165) is 32.6 Å². The number of carbonyl (C=O) groups is 1. The predicted octanol–water partition coefficient (Wildman–Crippen LogP) is -1.46. The van der Waals surface area contributed by atoms with Crippen LogP contribution >= 0.6 is 0 Å². The quantitative estimate of drug-likeness (QED) is 0.362. The Hall–Kier alpha value is -1.26. The topological polar surface area (TPSA) is 106 Å². The van der Waals surface area contributed by atoms with Gasteiger partial charge in [-0.25, -0.2) is 9.82 Å². The van der Waals surface area contributed by atoms with Gasteiger partial charge in [0.15, 0.2) is 0 Å². The molecule has 0 aliphatic carbocycles. The molecular formula is C17H30FN7O. The molecule has 4 aliphatic heterocycles. The minimum atomic E-state index is -0.538. The van der Waals surface area contributed by atoms with Crippen LogP contribution in [0.5, 0.6) is 0 Å². The smallest absolute Gasteiger partial charge is 0.229 e. The van der Waals surface area contributed by atoms with Gasteiger partial charge in [0.05, 0.1) is 18.9 Å². The number of rotatable bonds is 3. The van der Waals surface area contributed by atoms with E-state index in [1.165, 1.54) is 19.0 Å². The van der Waals surface area contributed by atoms with Gasteiger partial charge in [-0.05, 0) is 50.7 Å². The Morgan fingerprint density at radius 1 is 1.23 bits per heavy atom. The number of nitrogens with zero attached hydrogens (tertiary/aromatic N) is 1. The maximum absolute atomic E-state index is 13.5. The van der Waals surface area contributed by atoms with Crippen molar-refractivity contribution in [3.8, 4) is 0 Å². The number of piperidine rings is 2. The highest BCUT2D eigenvalue weighted by atomic mass is 19.1. The van der Waals surface area contributed by atoms with Crippen LogP contribution in [0, 0.1) is 17.8 Å². The van der Waals surface area contributed by atoms with E-state index in [1.807, 2.05) is 0 Å². The highest BCUT2D eigenvalue weighted by molar-refractivity contribution is 5.81. The highest BCUT2D eigenvalue weighted by Crippen LogP contribution is 2.30. The first kappa shape index (κ1) is 18.1. The molecule has 4 rings (SSSR count). The Balaban J connectivity index is 1.42. The minimum Gasteiger partial charge on any atom is -0.351 e. The molecule has 0 radical (unpaired) electrons. The van der Waals surface area contributed by atoms with Crippen molar-refractivity contribution < 1.29 is 9.18 Å². The maximum atomic E-state index is 13.5. The van der Waals surface area contributed by atoms with Crippen LogP contribution in [0.1, 0.15) is 19.3 Å². The van der Waals surface area contributed by atoms with Crippen LogP contribution in [-0.4, -0.2) is 62.0 Å². The number of hydrogen-bond donors (Lipinski definition) is 6. The molecule has 3 saturated heterocycles. The van der Waals surface area contributed by atoms with Crippen molar-refractivity contribution in [3.63, 3.8) is 0 Å². The van der Waals surface area contributed by atoms with E-state index in [2.05, 4.69) is 26.7 Å². The molecule has 1 amide bonds. The molecule has 9 heteroatoms. The summed E-state index contributed by atoms with van der Waals surface area (Å²) in [6, 6.07) is 0.122. The number of fused-ring (bicyclic) bond motifs is 1. The number of nitrogens with two attached hydrogens (primary N) is 1. The summed E-state index contributed by atoms with van der Waals surface area (Å²) in [6.45, 7) is 4.05. The number of halogens is 1. The van der Waals surface area contributed by atoms with E-state index in [-0.39, 0.29) is 30.5 Å². The van der Waals surface area contributed by atoms with Crippen molar-refractivity contribution in [2.45, 2.75) is 37.6 Å². The van der Waals surface area contributed by atoms with Gasteiger partial charge in [0.25, 0.3) is 0 Å². The van der Waals surface area contributed by atoms with Gasteiger partial charge in [-0.1, -0.05) is 0 Å². The molecule has 3 fully saturated rings. The molecule has 4 heterocycles. The van der Waals surface area contributed by atoms with Crippen molar-refractivity contribution in [2.24, 2.45) is 23.5 Å². The van der Waals surface area contributed by atoms with Crippen molar-refractivity contribution in [1.82, 2.24) is 31.7 Å². The molecule has 26 heavy (non-hydrogen) atoms. The fourth-order valence-electron chi connectivity index (χ4n) is 4.90. The third-order valence-corrected chi connectivity index (χ3v) is 6.24. The first-order chi connectivity index (χ1) is 12.6. The van der Waals surface area contributed by atoms with Crippen LogP contribution in [0.15, 0.2) is 12.0 Å². The molecule has 0 bridgehead atoms. The highest BCUT2D eigenvalue weighted by Gasteiger charge is 2.46. The van der Waals surface area contributed by atoms with E-state index in [1.54, 1.807) is 5.01 Å². The standard InChI is InChI=1S/C17H30FN7O/c18-11-7-22-16-14(15(19)24-25(16)9-11)17(26)23-13-8-21-6-3-12(13)10-1-4-20-5-2-10/h9-10,12-16,20-22,24H,1-8,19H2,(H,23,26). The van der Waals surface area contributed by atoms with Gasteiger partial charge in [0.2, 0.25) is 5.91 Å². The lowest BCUT2D eigenvalue weighted by Crippen LogP contribution is -2.58. The first-order valence-electron chi connectivity index (χ1n) is 9.75. The van der Waals surface area contributed by atoms with Gasteiger partial charge >= 0.3 is 0 Å². The van der Waals surface area contributed by atoms with Gasteiger partial charge < -0.3 is 21.7 Å². The first-order valence-corrected chi connectivity index (χ1v) is 9.75. The van der Waals surface area contributed by atoms with E-state index in [4.69, 9.17) is 5.73 Å². The molecule has 146 valence electrons. The molecule has 5 atom stereocenters. The number of amides is 1. The Morgan fingerprint density at radius 3 is 2.81 bits per heavy atom. The summed E-state index contributed by atoms with van der Waals surface area (Å²) in [4.78, 5) is 13.0. The van der Waals surface area contributed by atoms with Gasteiger partial charge in [-0.3, -0.25) is 15.1 Å². The second-order valence-corrected chi connectivity index (χ2v) is 7.85. The second-order valence-electron chi connectivity index (χ2n) is 7.85. The maximum Gasteiger partial charge on any atom is 0.229 e. The molecule has 0 saturated carbocycles. The van der Waals surface area contributed by atoms with Gasteiger partial charge in [-0.15, -0.1) is 0 Å². The summed E-state index contributed by atoms with van der Waals surface area (Å²) in [5.41, 5.74) is 9.11. The Labute approximate surface area is 153 Å². The fraction of sp³-hybridized carbons (Fsp3) is 0.824. The van der Waals surface area contributed by atoms with Crippen molar-refractivity contribution in [1.29, 1.82) is 0 Å². The van der Waals surface area contributed by atoms with Gasteiger partial charge in [-0.2, -0.15) is 0 Å². The average molecular weight is 367 g/mol. The molecule has 5 unspecified atom stereocenters. The zero-order valence-corrected chi connectivity index (χ0v) is 15.0. The Bertz CT molecular complexity index is 553. The largest absolute Gasteiger partial charge is 0.351 e. The number of hydrazine groups is 1. The van der Waals surface area contributed by atoms with E-state index >= 15 is 0 Å². The zero-order chi connectivity index (χ0) is 18.1. The Kier molecular flexibility index (Phi) is 5.42. The summed E-state index contributed by atoms with van der Waals surface area (Å²) in [5, 5.41) is 14.7. The van der Waals surface area contributed by atoms with E-state index in [9.17, 15) is 9.18 Å². The molecule has 7 N–H and O–H groups in total. The molecular weight excluding hydrogens is 337 g/mol. The summed E-state index contributed by atoms with van der Waals surface area (Å²) in [6.07, 6.45) is 3.95. The second kappa shape index (κ2) is 7.77. The Morgan fingerprint density at radius 2 is 2.00 bits per heavy atom. The van der Waals surface area contributed by atoms with Crippen molar-refractivity contribution >= 4 is 5.91 Å². The molecule has 0 spiro atoms. The summed E-state index contributed by atoms with van der Waals surface area (Å²) < 4.78 is 13.5. The molecule has 4 aliphatic rings.